The van der Waals surface area contributed by atoms with E-state index in [1.54, 1.807) is 13.0 Å². The number of benzene rings is 2. The van der Waals surface area contributed by atoms with Crippen molar-refractivity contribution in [1.82, 2.24) is 14.7 Å². The normalized spacial score (nSPS) is 23.1. The van der Waals surface area contributed by atoms with Crippen LogP contribution >= 0.6 is 0 Å². The Labute approximate surface area is 200 Å². The van der Waals surface area contributed by atoms with Crippen LogP contribution in [0.25, 0.3) is 0 Å². The summed E-state index contributed by atoms with van der Waals surface area (Å²) in [6.07, 6.45) is 3.30. The summed E-state index contributed by atoms with van der Waals surface area (Å²) in [5.41, 5.74) is 3.09. The SMILES string of the molecule is CC(=O)N1CCN(CCCCN2CC[C@@H]3[C@@H](C2)c2cc(F)ccc2N3c2ccc(F)cc2)CC1. The van der Waals surface area contributed by atoms with Crippen LogP contribution in [-0.4, -0.2) is 79.0 Å². The Morgan fingerprint density at radius 1 is 0.882 bits per heavy atom. The Balaban J connectivity index is 1.18. The summed E-state index contributed by atoms with van der Waals surface area (Å²) in [6.45, 7) is 9.34. The lowest BCUT2D eigenvalue weighted by molar-refractivity contribution is -0.130. The zero-order valence-corrected chi connectivity index (χ0v) is 19.9. The first-order valence-electron chi connectivity index (χ1n) is 12.5. The van der Waals surface area contributed by atoms with Crippen LogP contribution in [0.3, 0.4) is 0 Å². The number of fused-ring (bicyclic) bond motifs is 3. The molecule has 0 saturated carbocycles. The van der Waals surface area contributed by atoms with Crippen LogP contribution in [0.15, 0.2) is 42.5 Å². The van der Waals surface area contributed by atoms with Gasteiger partial charge in [-0.15, -0.1) is 0 Å². The molecule has 0 unspecified atom stereocenters. The average Bonchev–Trinajstić information content (AvgIpc) is 3.15. The number of hydrogen-bond donors (Lipinski definition) is 0. The second-order valence-corrected chi connectivity index (χ2v) is 9.87. The highest BCUT2D eigenvalue weighted by atomic mass is 19.1. The van der Waals surface area contributed by atoms with Crippen molar-refractivity contribution in [1.29, 1.82) is 0 Å². The van der Waals surface area contributed by atoms with Gasteiger partial charge in [0.25, 0.3) is 0 Å². The molecule has 2 atom stereocenters. The molecule has 0 radical (unpaired) electrons. The van der Waals surface area contributed by atoms with E-state index in [4.69, 9.17) is 0 Å². The van der Waals surface area contributed by atoms with Crippen LogP contribution in [0.2, 0.25) is 0 Å². The highest BCUT2D eigenvalue weighted by Crippen LogP contribution is 2.48. The number of carbonyl (C=O) groups excluding carboxylic acids is 1. The number of unbranched alkanes of at least 4 members (excludes halogenated alkanes) is 1. The van der Waals surface area contributed by atoms with Crippen LogP contribution < -0.4 is 4.90 Å². The molecule has 1 amide bonds. The first-order valence-corrected chi connectivity index (χ1v) is 12.5. The van der Waals surface area contributed by atoms with Crippen molar-refractivity contribution in [2.75, 3.05) is 57.3 Å². The standard InChI is InChI=1S/C27H34F2N4O/c1-20(34)32-16-14-30(15-17-32)11-2-3-12-31-13-10-27-25(19-31)24-18-22(29)6-9-26(24)33(27)23-7-4-21(28)5-8-23/h4-9,18,25,27H,2-3,10-17,19H2,1H3/t25-,27+/m0/s1. The molecular weight excluding hydrogens is 434 g/mol. The monoisotopic (exact) mass is 468 g/mol. The average molecular weight is 469 g/mol. The molecule has 2 aromatic rings. The fraction of sp³-hybridized carbons (Fsp3) is 0.519. The van der Waals surface area contributed by atoms with Gasteiger partial charge in [0.05, 0.1) is 0 Å². The molecule has 182 valence electrons. The second kappa shape index (κ2) is 10.0. The van der Waals surface area contributed by atoms with E-state index in [0.717, 1.165) is 88.6 Å². The summed E-state index contributed by atoms with van der Waals surface area (Å²) < 4.78 is 27.7. The van der Waals surface area contributed by atoms with E-state index in [1.807, 2.05) is 23.1 Å². The van der Waals surface area contributed by atoms with Crippen LogP contribution in [-0.2, 0) is 4.79 Å². The molecule has 2 fully saturated rings. The van der Waals surface area contributed by atoms with Gasteiger partial charge in [-0.1, -0.05) is 0 Å². The third kappa shape index (κ3) is 4.82. The number of carbonyl (C=O) groups is 1. The highest BCUT2D eigenvalue weighted by molar-refractivity contribution is 5.73. The molecule has 0 bridgehead atoms. The Kier molecular flexibility index (Phi) is 6.84. The van der Waals surface area contributed by atoms with E-state index in [2.05, 4.69) is 14.7 Å². The van der Waals surface area contributed by atoms with E-state index in [0.29, 0.717) is 0 Å². The first kappa shape index (κ1) is 23.2. The summed E-state index contributed by atoms with van der Waals surface area (Å²) in [6, 6.07) is 12.0. The second-order valence-electron chi connectivity index (χ2n) is 9.87. The maximum absolute atomic E-state index is 14.2. The molecule has 3 aliphatic rings. The molecular formula is C27H34F2N4O. The third-order valence-corrected chi connectivity index (χ3v) is 7.76. The van der Waals surface area contributed by atoms with E-state index in [9.17, 15) is 13.6 Å². The number of anilines is 2. The predicted octanol–water partition coefficient (Wildman–Crippen LogP) is 4.22. The molecule has 2 saturated heterocycles. The van der Waals surface area contributed by atoms with E-state index in [-0.39, 0.29) is 29.5 Å². The Bertz CT molecular complexity index is 1010. The maximum atomic E-state index is 14.2. The molecule has 7 heteroatoms. The Hall–Kier alpha value is -2.51. The summed E-state index contributed by atoms with van der Waals surface area (Å²) >= 11 is 0. The number of nitrogens with zero attached hydrogens (tertiary/aromatic N) is 4. The lowest BCUT2D eigenvalue weighted by Gasteiger charge is -2.39. The largest absolute Gasteiger partial charge is 0.340 e. The van der Waals surface area contributed by atoms with Crippen molar-refractivity contribution in [2.45, 2.75) is 38.1 Å². The number of halogens is 2. The summed E-state index contributed by atoms with van der Waals surface area (Å²) in [5.74, 6) is -0.00611. The molecule has 0 aromatic heterocycles. The highest BCUT2D eigenvalue weighted by Gasteiger charge is 2.42. The number of piperidine rings is 1. The van der Waals surface area contributed by atoms with Crippen LogP contribution in [0, 0.1) is 11.6 Å². The molecule has 5 rings (SSSR count). The maximum Gasteiger partial charge on any atom is 0.219 e. The zero-order valence-electron chi connectivity index (χ0n) is 19.9. The molecule has 2 aromatic carbocycles. The summed E-state index contributed by atoms with van der Waals surface area (Å²) in [7, 11) is 0. The van der Waals surface area contributed by atoms with Crippen LogP contribution in [0.1, 0.15) is 37.7 Å². The molecule has 34 heavy (non-hydrogen) atoms. The molecule has 0 N–H and O–H groups in total. The fourth-order valence-electron chi connectivity index (χ4n) is 5.93. The molecule has 3 aliphatic heterocycles. The van der Waals surface area contributed by atoms with Crippen molar-refractivity contribution < 1.29 is 13.6 Å². The third-order valence-electron chi connectivity index (χ3n) is 7.76. The molecule has 3 heterocycles. The minimum atomic E-state index is -0.241. The smallest absolute Gasteiger partial charge is 0.219 e. The lowest BCUT2D eigenvalue weighted by Crippen LogP contribution is -2.48. The van der Waals surface area contributed by atoms with Gasteiger partial charge in [-0.05, 0) is 80.4 Å². The van der Waals surface area contributed by atoms with Gasteiger partial charge in [-0.25, -0.2) is 8.78 Å². The quantitative estimate of drug-likeness (QED) is 0.594. The van der Waals surface area contributed by atoms with Gasteiger partial charge >= 0.3 is 0 Å². The van der Waals surface area contributed by atoms with Gasteiger partial charge in [0.2, 0.25) is 5.91 Å². The van der Waals surface area contributed by atoms with Gasteiger partial charge in [-0.3, -0.25) is 9.69 Å². The van der Waals surface area contributed by atoms with Crippen molar-refractivity contribution in [2.24, 2.45) is 0 Å². The molecule has 0 aliphatic carbocycles. The van der Waals surface area contributed by atoms with Gasteiger partial charge < -0.3 is 14.7 Å². The number of rotatable bonds is 6. The number of hydrogen-bond acceptors (Lipinski definition) is 4. The van der Waals surface area contributed by atoms with Gasteiger partial charge in [-0.2, -0.15) is 0 Å². The summed E-state index contributed by atoms with van der Waals surface area (Å²) in [4.78, 5) is 20.7. The van der Waals surface area contributed by atoms with Crippen molar-refractivity contribution >= 4 is 17.3 Å². The fourth-order valence-corrected chi connectivity index (χ4v) is 5.93. The van der Waals surface area contributed by atoms with Gasteiger partial charge in [0.1, 0.15) is 11.6 Å². The zero-order chi connectivity index (χ0) is 23.7. The minimum absolute atomic E-state index is 0.175. The Morgan fingerprint density at radius 2 is 1.56 bits per heavy atom. The van der Waals surface area contributed by atoms with Crippen molar-refractivity contribution in [3.05, 3.63) is 59.7 Å². The first-order chi connectivity index (χ1) is 16.5. The number of likely N-dealkylation sites (tertiary alicyclic amines) is 1. The molecule has 0 spiro atoms. The van der Waals surface area contributed by atoms with Crippen LogP contribution in [0.5, 0.6) is 0 Å². The van der Waals surface area contributed by atoms with Gasteiger partial charge in [0.15, 0.2) is 0 Å². The predicted molar refractivity (Wildman–Crippen MR) is 130 cm³/mol. The van der Waals surface area contributed by atoms with Crippen molar-refractivity contribution in [3.63, 3.8) is 0 Å². The Morgan fingerprint density at radius 3 is 2.26 bits per heavy atom. The number of piperazine rings is 1. The minimum Gasteiger partial charge on any atom is -0.340 e. The van der Waals surface area contributed by atoms with Crippen molar-refractivity contribution in [3.8, 4) is 0 Å². The van der Waals surface area contributed by atoms with E-state index >= 15 is 0 Å². The topological polar surface area (TPSA) is 30.0 Å². The molecule has 5 nitrogen and oxygen atoms in total. The lowest BCUT2D eigenvalue weighted by atomic mass is 9.89. The van der Waals surface area contributed by atoms with Crippen LogP contribution in [0.4, 0.5) is 20.2 Å². The number of amides is 1. The van der Waals surface area contributed by atoms with E-state index in [1.165, 1.54) is 18.2 Å². The van der Waals surface area contributed by atoms with E-state index < -0.39 is 0 Å². The van der Waals surface area contributed by atoms with Gasteiger partial charge in [0, 0.05) is 69.5 Å². The summed E-state index contributed by atoms with van der Waals surface area (Å²) in [5, 5.41) is 0.